The summed E-state index contributed by atoms with van der Waals surface area (Å²) in [6.07, 6.45) is 3.43. The third-order valence-electron chi connectivity index (χ3n) is 2.90. The molecule has 1 aromatic heterocycles. The maximum atomic E-state index is 6.15. The molecular formula is C13H12ClN3O2. The lowest BCUT2D eigenvalue weighted by atomic mass is 10.1. The van der Waals surface area contributed by atoms with Crippen molar-refractivity contribution in [1.82, 2.24) is 9.55 Å². The van der Waals surface area contributed by atoms with Crippen LogP contribution in [0.4, 0.5) is 5.82 Å². The molecule has 0 radical (unpaired) electrons. The van der Waals surface area contributed by atoms with E-state index in [0.29, 0.717) is 34.6 Å². The average Bonchev–Trinajstić information content (AvgIpc) is 2.98. The maximum absolute atomic E-state index is 6.15. The first-order valence-electron chi connectivity index (χ1n) is 5.71. The summed E-state index contributed by atoms with van der Waals surface area (Å²) in [5, 5.41) is 0.489. The van der Waals surface area contributed by atoms with Gasteiger partial charge in [0.1, 0.15) is 11.5 Å². The molecule has 0 saturated carbocycles. The third-order valence-corrected chi connectivity index (χ3v) is 3.19. The monoisotopic (exact) mass is 277 g/mol. The second-order valence-corrected chi connectivity index (χ2v) is 4.52. The average molecular weight is 278 g/mol. The Morgan fingerprint density at radius 2 is 2.32 bits per heavy atom. The Bertz CT molecular complexity index is 652. The van der Waals surface area contributed by atoms with Crippen molar-refractivity contribution >= 4 is 17.4 Å². The first-order valence-corrected chi connectivity index (χ1v) is 6.09. The summed E-state index contributed by atoms with van der Waals surface area (Å²) in [4.78, 5) is 4.31. The summed E-state index contributed by atoms with van der Waals surface area (Å²) in [6, 6.07) is 3.59. The molecule has 1 aliphatic rings. The quantitative estimate of drug-likeness (QED) is 0.876. The second-order valence-electron chi connectivity index (χ2n) is 4.11. The molecule has 2 heterocycles. The normalized spacial score (nSPS) is 12.7. The molecule has 0 aliphatic carbocycles. The summed E-state index contributed by atoms with van der Waals surface area (Å²) in [5.41, 5.74) is 7.52. The van der Waals surface area contributed by atoms with Crippen LogP contribution in [0, 0.1) is 0 Å². The number of aromatic nitrogens is 2. The lowest BCUT2D eigenvalue weighted by molar-refractivity contribution is 0.174. The van der Waals surface area contributed by atoms with Crippen LogP contribution in [0.25, 0.3) is 11.3 Å². The number of fused-ring (bicyclic) bond motifs is 1. The lowest BCUT2D eigenvalue weighted by Crippen LogP contribution is -2.00. The van der Waals surface area contributed by atoms with Crippen LogP contribution >= 0.6 is 11.6 Å². The third kappa shape index (κ3) is 1.92. The van der Waals surface area contributed by atoms with Crippen LogP contribution in [-0.2, 0) is 6.54 Å². The van der Waals surface area contributed by atoms with Crippen molar-refractivity contribution in [3.63, 3.8) is 0 Å². The van der Waals surface area contributed by atoms with Crippen LogP contribution in [0.2, 0.25) is 5.02 Å². The van der Waals surface area contributed by atoms with E-state index in [9.17, 15) is 0 Å². The SMILES string of the molecule is C=CCn1cnc(-c2cc(Cl)c3c(c2)OCO3)c1N. The van der Waals surface area contributed by atoms with Crippen LogP contribution in [0.1, 0.15) is 0 Å². The maximum Gasteiger partial charge on any atom is 0.231 e. The Kier molecular flexibility index (Phi) is 2.83. The van der Waals surface area contributed by atoms with Gasteiger partial charge in [0.15, 0.2) is 11.5 Å². The molecule has 0 spiro atoms. The van der Waals surface area contributed by atoms with E-state index >= 15 is 0 Å². The Hall–Kier alpha value is -2.14. The van der Waals surface area contributed by atoms with E-state index in [-0.39, 0.29) is 6.79 Å². The van der Waals surface area contributed by atoms with Gasteiger partial charge in [-0.25, -0.2) is 4.98 Å². The first kappa shape index (κ1) is 11.9. The van der Waals surface area contributed by atoms with Gasteiger partial charge in [0.25, 0.3) is 0 Å². The predicted molar refractivity (Wildman–Crippen MR) is 73.4 cm³/mol. The predicted octanol–water partition coefficient (Wildman–Crippen LogP) is 2.70. The number of halogens is 1. The number of anilines is 1. The summed E-state index contributed by atoms with van der Waals surface area (Å²) in [6.45, 7) is 4.47. The van der Waals surface area contributed by atoms with Gasteiger partial charge in [-0.1, -0.05) is 17.7 Å². The van der Waals surface area contributed by atoms with Crippen LogP contribution in [0.3, 0.4) is 0 Å². The standard InChI is InChI=1S/C13H12ClN3O2/c1-2-3-17-6-16-11(13(17)15)8-4-9(14)12-10(5-8)18-7-19-12/h2,4-6H,1,3,7,15H2. The molecule has 2 N–H and O–H groups in total. The number of nitrogens with two attached hydrogens (primary N) is 1. The summed E-state index contributed by atoms with van der Waals surface area (Å²) in [5.74, 6) is 1.74. The number of nitrogen functional groups attached to an aromatic ring is 1. The van der Waals surface area contributed by atoms with Crippen molar-refractivity contribution in [2.24, 2.45) is 0 Å². The summed E-state index contributed by atoms with van der Waals surface area (Å²) >= 11 is 6.15. The van der Waals surface area contributed by atoms with Crippen molar-refractivity contribution < 1.29 is 9.47 Å². The second kappa shape index (κ2) is 4.51. The Morgan fingerprint density at radius 3 is 3.11 bits per heavy atom. The molecule has 6 heteroatoms. The minimum absolute atomic E-state index is 0.179. The van der Waals surface area contributed by atoms with E-state index in [2.05, 4.69) is 11.6 Å². The van der Waals surface area contributed by atoms with Gasteiger partial charge in [-0.3, -0.25) is 0 Å². The van der Waals surface area contributed by atoms with Gasteiger partial charge in [0.05, 0.1) is 11.3 Å². The largest absolute Gasteiger partial charge is 0.454 e. The number of benzene rings is 1. The van der Waals surface area contributed by atoms with Gasteiger partial charge in [0.2, 0.25) is 6.79 Å². The highest BCUT2D eigenvalue weighted by Gasteiger charge is 2.20. The van der Waals surface area contributed by atoms with Crippen molar-refractivity contribution in [1.29, 1.82) is 0 Å². The highest BCUT2D eigenvalue weighted by atomic mass is 35.5. The highest BCUT2D eigenvalue weighted by molar-refractivity contribution is 6.32. The fraction of sp³-hybridized carbons (Fsp3) is 0.154. The minimum atomic E-state index is 0.179. The Balaban J connectivity index is 2.07. The summed E-state index contributed by atoms with van der Waals surface area (Å²) in [7, 11) is 0. The van der Waals surface area contributed by atoms with E-state index in [1.807, 2.05) is 6.07 Å². The van der Waals surface area contributed by atoms with Gasteiger partial charge in [-0.15, -0.1) is 6.58 Å². The highest BCUT2D eigenvalue weighted by Crippen LogP contribution is 2.42. The van der Waals surface area contributed by atoms with Gasteiger partial charge >= 0.3 is 0 Å². The molecule has 0 unspecified atom stereocenters. The Labute approximate surface area is 115 Å². The fourth-order valence-corrected chi connectivity index (χ4v) is 2.27. The molecule has 1 aromatic carbocycles. The number of nitrogens with zero attached hydrogens (tertiary/aromatic N) is 2. The van der Waals surface area contributed by atoms with Crippen LogP contribution < -0.4 is 15.2 Å². The van der Waals surface area contributed by atoms with E-state index in [0.717, 1.165) is 5.56 Å². The van der Waals surface area contributed by atoms with Crippen LogP contribution in [-0.4, -0.2) is 16.3 Å². The van der Waals surface area contributed by atoms with Crippen LogP contribution in [0.15, 0.2) is 31.1 Å². The fourth-order valence-electron chi connectivity index (χ4n) is 2.00. The molecule has 0 bridgehead atoms. The van der Waals surface area contributed by atoms with E-state index < -0.39 is 0 Å². The smallest absolute Gasteiger partial charge is 0.231 e. The van der Waals surface area contributed by atoms with Gasteiger partial charge in [-0.2, -0.15) is 0 Å². The topological polar surface area (TPSA) is 62.3 Å². The molecular weight excluding hydrogens is 266 g/mol. The molecule has 0 atom stereocenters. The minimum Gasteiger partial charge on any atom is -0.454 e. The zero-order valence-corrected chi connectivity index (χ0v) is 10.9. The lowest BCUT2D eigenvalue weighted by Gasteiger charge is -2.05. The number of hydrogen-bond acceptors (Lipinski definition) is 4. The van der Waals surface area contributed by atoms with Crippen molar-refractivity contribution in [3.05, 3.63) is 36.1 Å². The molecule has 2 aromatic rings. The Morgan fingerprint density at radius 1 is 1.47 bits per heavy atom. The van der Waals surface area contributed by atoms with Crippen molar-refractivity contribution in [3.8, 4) is 22.8 Å². The van der Waals surface area contributed by atoms with Crippen molar-refractivity contribution in [2.75, 3.05) is 12.5 Å². The summed E-state index contributed by atoms with van der Waals surface area (Å²) < 4.78 is 12.4. The van der Waals surface area contributed by atoms with Gasteiger partial charge in [0, 0.05) is 12.1 Å². The molecule has 0 fully saturated rings. The number of hydrogen-bond donors (Lipinski definition) is 1. The van der Waals surface area contributed by atoms with Crippen molar-refractivity contribution in [2.45, 2.75) is 6.54 Å². The molecule has 98 valence electrons. The van der Waals surface area contributed by atoms with Crippen LogP contribution in [0.5, 0.6) is 11.5 Å². The zero-order valence-electron chi connectivity index (χ0n) is 10.1. The number of imidazole rings is 1. The van der Waals surface area contributed by atoms with Gasteiger partial charge < -0.3 is 19.8 Å². The molecule has 1 aliphatic heterocycles. The molecule has 19 heavy (non-hydrogen) atoms. The van der Waals surface area contributed by atoms with E-state index in [1.165, 1.54) is 0 Å². The van der Waals surface area contributed by atoms with E-state index in [4.69, 9.17) is 26.8 Å². The number of allylic oxidation sites excluding steroid dienone is 1. The molecule has 3 rings (SSSR count). The number of ether oxygens (including phenoxy) is 2. The number of rotatable bonds is 3. The van der Waals surface area contributed by atoms with E-state index in [1.54, 1.807) is 23.0 Å². The molecule has 0 saturated heterocycles. The van der Waals surface area contributed by atoms with Gasteiger partial charge in [-0.05, 0) is 12.1 Å². The first-order chi connectivity index (χ1) is 9.20. The molecule has 0 amide bonds. The molecule has 5 nitrogen and oxygen atoms in total. The zero-order chi connectivity index (χ0) is 13.4.